The fourth-order valence-electron chi connectivity index (χ4n) is 2.12. The molecule has 1 aliphatic rings. The Bertz CT molecular complexity index is 624. The molecular formula is C12H14ClN3O2S. The van der Waals surface area contributed by atoms with Gasteiger partial charge < -0.3 is 5.32 Å². The standard InChI is InChI=1S/C12H14ClN3O2S/c1-15-11-4-5-16(8-11)19(17,18)12-6-10(13)3-2-9(12)7-14/h2-3,6,11,15H,4-5,8H2,1H3. The van der Waals surface area contributed by atoms with Gasteiger partial charge in [-0.05, 0) is 31.7 Å². The monoisotopic (exact) mass is 299 g/mol. The van der Waals surface area contributed by atoms with E-state index in [1.165, 1.54) is 22.5 Å². The molecule has 1 saturated heterocycles. The molecule has 19 heavy (non-hydrogen) atoms. The molecular weight excluding hydrogens is 286 g/mol. The Kier molecular flexibility index (Phi) is 4.11. The fraction of sp³-hybridized carbons (Fsp3) is 0.417. The first-order valence-corrected chi connectivity index (χ1v) is 7.68. The second kappa shape index (κ2) is 5.47. The van der Waals surface area contributed by atoms with Crippen molar-refractivity contribution >= 4 is 21.6 Å². The molecule has 1 N–H and O–H groups in total. The van der Waals surface area contributed by atoms with E-state index in [4.69, 9.17) is 16.9 Å². The molecule has 0 amide bonds. The van der Waals surface area contributed by atoms with Gasteiger partial charge in [0, 0.05) is 24.2 Å². The maximum atomic E-state index is 12.5. The van der Waals surface area contributed by atoms with E-state index in [1.54, 1.807) is 7.05 Å². The summed E-state index contributed by atoms with van der Waals surface area (Å²) < 4.78 is 26.4. The Balaban J connectivity index is 2.41. The van der Waals surface area contributed by atoms with Crippen molar-refractivity contribution in [1.82, 2.24) is 9.62 Å². The summed E-state index contributed by atoms with van der Waals surface area (Å²) in [6.07, 6.45) is 0.762. The number of nitrogens with zero attached hydrogens (tertiary/aromatic N) is 2. The second-order valence-corrected chi connectivity index (χ2v) is 6.73. The zero-order valence-electron chi connectivity index (χ0n) is 10.4. The normalized spacial score (nSPS) is 20.4. The van der Waals surface area contributed by atoms with Gasteiger partial charge in [0.2, 0.25) is 10.0 Å². The van der Waals surface area contributed by atoms with E-state index in [9.17, 15) is 8.42 Å². The molecule has 1 fully saturated rings. The Labute approximate surface area is 117 Å². The van der Waals surface area contributed by atoms with Crippen molar-refractivity contribution in [2.24, 2.45) is 0 Å². The predicted molar refractivity (Wildman–Crippen MR) is 72.4 cm³/mol. The lowest BCUT2D eigenvalue weighted by atomic mass is 10.2. The molecule has 7 heteroatoms. The van der Waals surface area contributed by atoms with Gasteiger partial charge in [0.25, 0.3) is 0 Å². The van der Waals surface area contributed by atoms with Crippen molar-refractivity contribution in [1.29, 1.82) is 5.26 Å². The van der Waals surface area contributed by atoms with E-state index < -0.39 is 10.0 Å². The first kappa shape index (κ1) is 14.3. The average Bonchev–Trinajstić information content (AvgIpc) is 2.88. The van der Waals surface area contributed by atoms with Gasteiger partial charge >= 0.3 is 0 Å². The van der Waals surface area contributed by atoms with E-state index in [1.807, 2.05) is 6.07 Å². The lowest BCUT2D eigenvalue weighted by molar-refractivity contribution is 0.464. The van der Waals surface area contributed by atoms with Crippen molar-refractivity contribution < 1.29 is 8.42 Å². The summed E-state index contributed by atoms with van der Waals surface area (Å²) in [6.45, 7) is 0.863. The van der Waals surface area contributed by atoms with E-state index in [-0.39, 0.29) is 16.5 Å². The Hall–Kier alpha value is -1.13. The molecule has 0 saturated carbocycles. The molecule has 1 heterocycles. The summed E-state index contributed by atoms with van der Waals surface area (Å²) in [4.78, 5) is -0.0146. The zero-order valence-corrected chi connectivity index (χ0v) is 12.0. The Morgan fingerprint density at radius 1 is 1.53 bits per heavy atom. The third-order valence-electron chi connectivity index (χ3n) is 3.24. The molecule has 2 rings (SSSR count). The van der Waals surface area contributed by atoms with Crippen LogP contribution in [-0.2, 0) is 10.0 Å². The molecule has 0 aromatic heterocycles. The van der Waals surface area contributed by atoms with Gasteiger partial charge in [0.05, 0.1) is 5.56 Å². The van der Waals surface area contributed by atoms with Crippen LogP contribution in [0.25, 0.3) is 0 Å². The minimum Gasteiger partial charge on any atom is -0.316 e. The lowest BCUT2D eigenvalue weighted by Crippen LogP contribution is -2.33. The van der Waals surface area contributed by atoms with Crippen molar-refractivity contribution in [3.63, 3.8) is 0 Å². The van der Waals surface area contributed by atoms with Gasteiger partial charge in [-0.3, -0.25) is 0 Å². The number of halogens is 1. The Morgan fingerprint density at radius 3 is 2.84 bits per heavy atom. The van der Waals surface area contributed by atoms with E-state index >= 15 is 0 Å². The number of sulfonamides is 1. The Morgan fingerprint density at radius 2 is 2.26 bits per heavy atom. The minimum absolute atomic E-state index is 0.0146. The zero-order chi connectivity index (χ0) is 14.0. The highest BCUT2D eigenvalue weighted by molar-refractivity contribution is 7.89. The predicted octanol–water partition coefficient (Wildman–Crippen LogP) is 1.19. The maximum Gasteiger partial charge on any atom is 0.244 e. The van der Waals surface area contributed by atoms with Gasteiger partial charge in [-0.25, -0.2) is 8.42 Å². The van der Waals surface area contributed by atoms with Crippen molar-refractivity contribution in [3.8, 4) is 6.07 Å². The maximum absolute atomic E-state index is 12.5. The summed E-state index contributed by atoms with van der Waals surface area (Å²) in [6, 6.07) is 6.33. The highest BCUT2D eigenvalue weighted by Crippen LogP contribution is 2.26. The molecule has 0 radical (unpaired) electrons. The van der Waals surface area contributed by atoms with Gasteiger partial charge in [0.15, 0.2) is 0 Å². The summed E-state index contributed by atoms with van der Waals surface area (Å²) in [5, 5.41) is 12.4. The van der Waals surface area contributed by atoms with Crippen LogP contribution >= 0.6 is 11.6 Å². The van der Waals surface area contributed by atoms with E-state index in [0.29, 0.717) is 18.1 Å². The van der Waals surface area contributed by atoms with Crippen LogP contribution in [0.4, 0.5) is 0 Å². The molecule has 1 atom stereocenters. The van der Waals surface area contributed by atoms with Crippen LogP contribution in [-0.4, -0.2) is 38.9 Å². The summed E-state index contributed by atoms with van der Waals surface area (Å²) in [7, 11) is -1.85. The highest BCUT2D eigenvalue weighted by Gasteiger charge is 2.33. The first-order chi connectivity index (χ1) is 8.98. The van der Waals surface area contributed by atoms with Crippen LogP contribution < -0.4 is 5.32 Å². The fourth-order valence-corrected chi connectivity index (χ4v) is 4.03. The van der Waals surface area contributed by atoms with Crippen molar-refractivity contribution in [3.05, 3.63) is 28.8 Å². The van der Waals surface area contributed by atoms with E-state index in [0.717, 1.165) is 6.42 Å². The van der Waals surface area contributed by atoms with Crippen molar-refractivity contribution in [2.75, 3.05) is 20.1 Å². The topological polar surface area (TPSA) is 73.2 Å². The minimum atomic E-state index is -3.66. The molecule has 1 aromatic carbocycles. The highest BCUT2D eigenvalue weighted by atomic mass is 35.5. The van der Waals surface area contributed by atoms with Crippen LogP contribution in [0.5, 0.6) is 0 Å². The smallest absolute Gasteiger partial charge is 0.244 e. The van der Waals surface area contributed by atoms with Gasteiger partial charge in [-0.15, -0.1) is 0 Å². The van der Waals surface area contributed by atoms with Gasteiger partial charge in [-0.2, -0.15) is 9.57 Å². The number of hydrogen-bond donors (Lipinski definition) is 1. The number of benzene rings is 1. The third-order valence-corrected chi connectivity index (χ3v) is 5.38. The second-order valence-electron chi connectivity index (χ2n) is 4.39. The third kappa shape index (κ3) is 2.74. The number of nitriles is 1. The molecule has 1 unspecified atom stereocenters. The SMILES string of the molecule is CNC1CCN(S(=O)(=O)c2cc(Cl)ccc2C#N)C1. The van der Waals surface area contributed by atoms with E-state index in [2.05, 4.69) is 5.32 Å². The number of rotatable bonds is 3. The number of nitrogens with one attached hydrogen (secondary N) is 1. The van der Waals surface area contributed by atoms with Crippen LogP contribution in [0.3, 0.4) is 0 Å². The molecule has 5 nitrogen and oxygen atoms in total. The molecule has 1 aromatic rings. The largest absolute Gasteiger partial charge is 0.316 e. The number of likely N-dealkylation sites (N-methyl/N-ethyl adjacent to an activating group) is 1. The average molecular weight is 300 g/mol. The number of hydrogen-bond acceptors (Lipinski definition) is 4. The van der Waals surface area contributed by atoms with Crippen LogP contribution in [0.1, 0.15) is 12.0 Å². The van der Waals surface area contributed by atoms with Crippen LogP contribution in [0.2, 0.25) is 5.02 Å². The van der Waals surface area contributed by atoms with Crippen LogP contribution in [0, 0.1) is 11.3 Å². The molecule has 102 valence electrons. The van der Waals surface area contributed by atoms with Gasteiger partial charge in [-0.1, -0.05) is 11.6 Å². The summed E-state index contributed by atoms with van der Waals surface area (Å²) in [5.74, 6) is 0. The van der Waals surface area contributed by atoms with Crippen molar-refractivity contribution in [2.45, 2.75) is 17.4 Å². The molecule has 1 aliphatic heterocycles. The summed E-state index contributed by atoms with van der Waals surface area (Å²) >= 11 is 5.84. The summed E-state index contributed by atoms with van der Waals surface area (Å²) in [5.41, 5.74) is 0.123. The van der Waals surface area contributed by atoms with Gasteiger partial charge in [0.1, 0.15) is 11.0 Å². The quantitative estimate of drug-likeness (QED) is 0.910. The lowest BCUT2D eigenvalue weighted by Gasteiger charge is -2.17. The molecule has 0 bridgehead atoms. The van der Waals surface area contributed by atoms with Crippen LogP contribution in [0.15, 0.2) is 23.1 Å². The molecule has 0 spiro atoms. The first-order valence-electron chi connectivity index (χ1n) is 5.86. The molecule has 0 aliphatic carbocycles.